The SMILES string of the molecule is O=C(Cc1csc(-c2ccco2)n1)c1ccccc1. The Balaban J connectivity index is 1.76. The lowest BCUT2D eigenvalue weighted by atomic mass is 10.1. The third kappa shape index (κ3) is 2.63. The summed E-state index contributed by atoms with van der Waals surface area (Å²) < 4.78 is 5.29. The normalized spacial score (nSPS) is 10.5. The number of Topliss-reactive ketones (excluding diaryl/α,β-unsaturated/α-hetero) is 1. The molecule has 0 aliphatic heterocycles. The fraction of sp³-hybridized carbons (Fsp3) is 0.0667. The highest BCUT2D eigenvalue weighted by Crippen LogP contribution is 2.24. The number of furan rings is 1. The summed E-state index contributed by atoms with van der Waals surface area (Å²) in [5, 5.41) is 2.71. The second-order valence-corrected chi connectivity index (χ2v) is 4.95. The summed E-state index contributed by atoms with van der Waals surface area (Å²) in [5.74, 6) is 0.820. The van der Waals surface area contributed by atoms with Crippen LogP contribution in [0, 0.1) is 0 Å². The first-order valence-electron chi connectivity index (χ1n) is 5.89. The Morgan fingerprint density at radius 1 is 1.16 bits per heavy atom. The molecule has 0 aliphatic rings. The molecule has 0 saturated carbocycles. The second kappa shape index (κ2) is 5.20. The van der Waals surface area contributed by atoms with Crippen LogP contribution in [0.3, 0.4) is 0 Å². The highest BCUT2D eigenvalue weighted by molar-refractivity contribution is 7.13. The summed E-state index contributed by atoms with van der Waals surface area (Å²) in [4.78, 5) is 16.5. The van der Waals surface area contributed by atoms with Crippen molar-refractivity contribution in [3.63, 3.8) is 0 Å². The van der Waals surface area contributed by atoms with Crippen LogP contribution >= 0.6 is 11.3 Å². The van der Waals surface area contributed by atoms with Crippen molar-refractivity contribution in [1.82, 2.24) is 4.98 Å². The molecule has 3 rings (SSSR count). The molecular weight excluding hydrogens is 258 g/mol. The predicted molar refractivity (Wildman–Crippen MR) is 74.3 cm³/mol. The van der Waals surface area contributed by atoms with Crippen LogP contribution in [-0.4, -0.2) is 10.8 Å². The average molecular weight is 269 g/mol. The first kappa shape index (κ1) is 11.9. The zero-order chi connectivity index (χ0) is 13.1. The molecule has 0 aliphatic carbocycles. The van der Waals surface area contributed by atoms with Gasteiger partial charge in [-0.3, -0.25) is 4.79 Å². The van der Waals surface area contributed by atoms with E-state index in [4.69, 9.17) is 4.42 Å². The second-order valence-electron chi connectivity index (χ2n) is 4.09. The lowest BCUT2D eigenvalue weighted by molar-refractivity contribution is 0.0992. The Kier molecular flexibility index (Phi) is 3.25. The van der Waals surface area contributed by atoms with Gasteiger partial charge in [0.15, 0.2) is 16.6 Å². The van der Waals surface area contributed by atoms with E-state index in [1.165, 1.54) is 11.3 Å². The van der Waals surface area contributed by atoms with Gasteiger partial charge < -0.3 is 4.42 Å². The molecule has 0 unspecified atom stereocenters. The van der Waals surface area contributed by atoms with Crippen molar-refractivity contribution >= 4 is 17.1 Å². The number of ketones is 1. The third-order valence-corrected chi connectivity index (χ3v) is 3.63. The molecule has 0 amide bonds. The average Bonchev–Trinajstić information content (AvgIpc) is 3.10. The van der Waals surface area contributed by atoms with Crippen LogP contribution in [-0.2, 0) is 6.42 Å². The van der Waals surface area contributed by atoms with E-state index in [0.717, 1.165) is 22.0 Å². The molecule has 3 aromatic rings. The molecule has 19 heavy (non-hydrogen) atoms. The molecule has 0 fully saturated rings. The van der Waals surface area contributed by atoms with Crippen LogP contribution in [0.15, 0.2) is 58.5 Å². The summed E-state index contributed by atoms with van der Waals surface area (Å²) in [6, 6.07) is 13.0. The summed E-state index contributed by atoms with van der Waals surface area (Å²) in [7, 11) is 0. The number of carbonyl (C=O) groups is 1. The van der Waals surface area contributed by atoms with Crippen LogP contribution in [0.4, 0.5) is 0 Å². The molecular formula is C15H11NO2S. The van der Waals surface area contributed by atoms with E-state index in [-0.39, 0.29) is 5.78 Å². The molecule has 3 nitrogen and oxygen atoms in total. The molecule has 0 radical (unpaired) electrons. The maximum Gasteiger partial charge on any atom is 0.168 e. The molecule has 1 aromatic carbocycles. The van der Waals surface area contributed by atoms with Crippen molar-refractivity contribution in [2.24, 2.45) is 0 Å². The molecule has 2 heterocycles. The number of benzene rings is 1. The van der Waals surface area contributed by atoms with Gasteiger partial charge in [-0.1, -0.05) is 30.3 Å². The molecule has 0 N–H and O–H groups in total. The van der Waals surface area contributed by atoms with E-state index in [2.05, 4.69) is 4.98 Å². The molecule has 2 aromatic heterocycles. The minimum atomic E-state index is 0.0805. The van der Waals surface area contributed by atoms with Gasteiger partial charge in [0.1, 0.15) is 0 Å². The Labute approximate surface area is 114 Å². The van der Waals surface area contributed by atoms with Crippen molar-refractivity contribution in [1.29, 1.82) is 0 Å². The van der Waals surface area contributed by atoms with Crippen molar-refractivity contribution in [3.8, 4) is 10.8 Å². The third-order valence-electron chi connectivity index (χ3n) is 2.72. The van der Waals surface area contributed by atoms with E-state index in [0.29, 0.717) is 6.42 Å². The summed E-state index contributed by atoms with van der Waals surface area (Å²) >= 11 is 1.49. The number of carbonyl (C=O) groups excluding carboxylic acids is 1. The maximum atomic E-state index is 12.1. The van der Waals surface area contributed by atoms with Gasteiger partial charge >= 0.3 is 0 Å². The standard InChI is InChI=1S/C15H11NO2S/c17-13(11-5-2-1-3-6-11)9-12-10-19-15(16-12)14-7-4-8-18-14/h1-8,10H,9H2. The lowest BCUT2D eigenvalue weighted by Gasteiger charge is -1.97. The van der Waals surface area contributed by atoms with Crippen molar-refractivity contribution < 1.29 is 9.21 Å². The number of hydrogen-bond acceptors (Lipinski definition) is 4. The van der Waals surface area contributed by atoms with Gasteiger partial charge in [0.25, 0.3) is 0 Å². The largest absolute Gasteiger partial charge is 0.462 e. The van der Waals surface area contributed by atoms with Crippen molar-refractivity contribution in [2.45, 2.75) is 6.42 Å². The van der Waals surface area contributed by atoms with Crippen molar-refractivity contribution in [3.05, 3.63) is 65.4 Å². The van der Waals surface area contributed by atoms with Crippen LogP contribution in [0.2, 0.25) is 0 Å². The van der Waals surface area contributed by atoms with Crippen LogP contribution in [0.5, 0.6) is 0 Å². The van der Waals surface area contributed by atoms with Gasteiger partial charge in [-0.2, -0.15) is 0 Å². The smallest absolute Gasteiger partial charge is 0.168 e. The molecule has 0 atom stereocenters. The van der Waals surface area contributed by atoms with E-state index >= 15 is 0 Å². The highest BCUT2D eigenvalue weighted by atomic mass is 32.1. The molecule has 0 spiro atoms. The Morgan fingerprint density at radius 2 is 2.00 bits per heavy atom. The quantitative estimate of drug-likeness (QED) is 0.676. The van der Waals surface area contributed by atoms with E-state index in [1.54, 1.807) is 6.26 Å². The van der Waals surface area contributed by atoms with E-state index in [9.17, 15) is 4.79 Å². The summed E-state index contributed by atoms with van der Waals surface area (Å²) in [6.45, 7) is 0. The fourth-order valence-electron chi connectivity index (χ4n) is 1.79. The molecule has 0 saturated heterocycles. The number of thiazole rings is 1. The zero-order valence-electron chi connectivity index (χ0n) is 10.1. The van der Waals surface area contributed by atoms with Crippen LogP contribution in [0.1, 0.15) is 16.1 Å². The molecule has 4 heteroatoms. The minimum absolute atomic E-state index is 0.0805. The lowest BCUT2D eigenvalue weighted by Crippen LogP contribution is -2.03. The molecule has 94 valence electrons. The predicted octanol–water partition coefficient (Wildman–Crippen LogP) is 3.83. The van der Waals surface area contributed by atoms with E-state index < -0.39 is 0 Å². The topological polar surface area (TPSA) is 43.1 Å². The van der Waals surface area contributed by atoms with Crippen LogP contribution < -0.4 is 0 Å². The zero-order valence-corrected chi connectivity index (χ0v) is 10.9. The Bertz CT molecular complexity index is 671. The number of nitrogens with zero attached hydrogens (tertiary/aromatic N) is 1. The van der Waals surface area contributed by atoms with Crippen molar-refractivity contribution in [2.75, 3.05) is 0 Å². The Morgan fingerprint density at radius 3 is 2.74 bits per heavy atom. The van der Waals surface area contributed by atoms with Crippen LogP contribution in [0.25, 0.3) is 10.8 Å². The number of aromatic nitrogens is 1. The summed E-state index contributed by atoms with van der Waals surface area (Å²) in [6.07, 6.45) is 1.94. The first-order chi connectivity index (χ1) is 9.33. The van der Waals surface area contributed by atoms with E-state index in [1.807, 2.05) is 47.8 Å². The first-order valence-corrected chi connectivity index (χ1v) is 6.77. The molecule has 0 bridgehead atoms. The number of rotatable bonds is 4. The van der Waals surface area contributed by atoms with Gasteiger partial charge in [0.2, 0.25) is 0 Å². The minimum Gasteiger partial charge on any atom is -0.462 e. The van der Waals surface area contributed by atoms with Gasteiger partial charge in [-0.25, -0.2) is 4.98 Å². The maximum absolute atomic E-state index is 12.1. The summed E-state index contributed by atoms with van der Waals surface area (Å²) in [5.41, 5.74) is 1.50. The van der Waals surface area contributed by atoms with Gasteiger partial charge in [-0.05, 0) is 12.1 Å². The fourth-order valence-corrected chi connectivity index (χ4v) is 2.58. The highest BCUT2D eigenvalue weighted by Gasteiger charge is 2.11. The van der Waals surface area contributed by atoms with Gasteiger partial charge in [-0.15, -0.1) is 11.3 Å². The number of hydrogen-bond donors (Lipinski definition) is 0. The Hall–Kier alpha value is -2.20. The van der Waals surface area contributed by atoms with Gasteiger partial charge in [0.05, 0.1) is 18.4 Å². The van der Waals surface area contributed by atoms with Gasteiger partial charge in [0, 0.05) is 10.9 Å². The monoisotopic (exact) mass is 269 g/mol.